The summed E-state index contributed by atoms with van der Waals surface area (Å²) in [5.74, 6) is 0. The first-order valence-electron chi connectivity index (χ1n) is 7.17. The van der Waals surface area contributed by atoms with Crippen molar-refractivity contribution >= 4 is 15.9 Å². The molecule has 0 saturated heterocycles. The van der Waals surface area contributed by atoms with Gasteiger partial charge < -0.3 is 0 Å². The number of fused-ring (bicyclic) bond motifs is 3. The van der Waals surface area contributed by atoms with E-state index in [4.69, 9.17) is 0 Å². The number of benzene rings is 3. The highest BCUT2D eigenvalue weighted by Crippen LogP contribution is 2.52. The third-order valence-corrected chi connectivity index (χ3v) is 5.12. The zero-order valence-electron chi connectivity index (χ0n) is 11.8. The number of halogens is 1. The lowest BCUT2D eigenvalue weighted by Crippen LogP contribution is -2.22. The highest BCUT2D eigenvalue weighted by molar-refractivity contribution is 9.10. The first-order chi connectivity index (χ1) is 10.2. The Balaban J connectivity index is 2.09. The lowest BCUT2D eigenvalue weighted by Gasteiger charge is -2.28. The molecule has 3 aromatic rings. The first-order valence-corrected chi connectivity index (χ1v) is 7.96. The molecule has 4 rings (SSSR count). The minimum Gasteiger partial charge on any atom is -0.0619 e. The Hall–Kier alpha value is -1.86. The molecule has 0 spiro atoms. The molecule has 0 radical (unpaired) electrons. The largest absolute Gasteiger partial charge is 0.0619 e. The molecule has 0 saturated carbocycles. The average molecular weight is 335 g/mol. The van der Waals surface area contributed by atoms with Crippen molar-refractivity contribution in [1.29, 1.82) is 0 Å². The van der Waals surface area contributed by atoms with Crippen LogP contribution in [0.4, 0.5) is 0 Å². The Kier molecular flexibility index (Phi) is 2.80. The van der Waals surface area contributed by atoms with E-state index in [1.807, 2.05) is 0 Å². The summed E-state index contributed by atoms with van der Waals surface area (Å²) < 4.78 is 1.13. The van der Waals surface area contributed by atoms with Crippen LogP contribution in [-0.4, -0.2) is 0 Å². The molecule has 0 aliphatic heterocycles. The molecular weight excluding hydrogens is 320 g/mol. The number of hydrogen-bond acceptors (Lipinski definition) is 0. The van der Waals surface area contributed by atoms with Gasteiger partial charge in [0.25, 0.3) is 0 Å². The lowest BCUT2D eigenvalue weighted by molar-refractivity contribution is 0.713. The Labute approximate surface area is 133 Å². The Morgan fingerprint density at radius 3 is 1.86 bits per heavy atom. The molecule has 0 unspecified atom stereocenters. The second-order valence-corrected chi connectivity index (χ2v) is 6.64. The molecule has 102 valence electrons. The maximum Gasteiger partial charge on any atom is 0.0435 e. The quantitative estimate of drug-likeness (QED) is 0.528. The van der Waals surface area contributed by atoms with Gasteiger partial charge in [0.05, 0.1) is 0 Å². The predicted octanol–water partition coefficient (Wildman–Crippen LogP) is 5.78. The molecule has 0 amide bonds. The van der Waals surface area contributed by atoms with Crippen LogP contribution in [-0.2, 0) is 5.41 Å². The van der Waals surface area contributed by atoms with Gasteiger partial charge in [0, 0.05) is 9.89 Å². The van der Waals surface area contributed by atoms with Gasteiger partial charge in [0.2, 0.25) is 0 Å². The van der Waals surface area contributed by atoms with Gasteiger partial charge in [-0.1, -0.05) is 76.6 Å². The van der Waals surface area contributed by atoms with Crippen molar-refractivity contribution in [2.24, 2.45) is 0 Å². The minimum atomic E-state index is -0.0863. The molecule has 0 atom stereocenters. The van der Waals surface area contributed by atoms with Crippen LogP contribution in [0.15, 0.2) is 77.3 Å². The second-order valence-electron chi connectivity index (χ2n) is 5.73. The minimum absolute atomic E-state index is 0.0863. The van der Waals surface area contributed by atoms with Crippen LogP contribution in [0.25, 0.3) is 11.1 Å². The molecule has 21 heavy (non-hydrogen) atoms. The highest BCUT2D eigenvalue weighted by atomic mass is 79.9. The fourth-order valence-corrected chi connectivity index (χ4v) is 3.96. The van der Waals surface area contributed by atoms with Gasteiger partial charge in [-0.15, -0.1) is 0 Å². The third-order valence-electron chi connectivity index (χ3n) is 4.62. The van der Waals surface area contributed by atoms with Crippen LogP contribution in [0.5, 0.6) is 0 Å². The summed E-state index contributed by atoms with van der Waals surface area (Å²) in [5, 5.41) is 0. The monoisotopic (exact) mass is 334 g/mol. The van der Waals surface area contributed by atoms with Crippen LogP contribution < -0.4 is 0 Å². The molecule has 0 heterocycles. The standard InChI is InChI=1S/C20H15Br/c1-20(14-7-6-8-15(21)13-14)18-11-4-2-9-16(18)17-10-3-5-12-19(17)20/h2-13H,1H3. The summed E-state index contributed by atoms with van der Waals surface area (Å²) in [6, 6.07) is 26.2. The van der Waals surface area contributed by atoms with E-state index in [-0.39, 0.29) is 5.41 Å². The van der Waals surface area contributed by atoms with Gasteiger partial charge in [-0.3, -0.25) is 0 Å². The van der Waals surface area contributed by atoms with E-state index in [9.17, 15) is 0 Å². The molecule has 0 fully saturated rings. The van der Waals surface area contributed by atoms with E-state index in [1.165, 1.54) is 27.8 Å². The maximum atomic E-state index is 3.61. The summed E-state index contributed by atoms with van der Waals surface area (Å²) in [6.45, 7) is 2.33. The molecule has 1 heteroatoms. The van der Waals surface area contributed by atoms with Gasteiger partial charge in [-0.05, 0) is 46.9 Å². The van der Waals surface area contributed by atoms with Crippen LogP contribution in [0.3, 0.4) is 0 Å². The van der Waals surface area contributed by atoms with Crippen molar-refractivity contribution in [3.05, 3.63) is 94.0 Å². The zero-order chi connectivity index (χ0) is 14.4. The van der Waals surface area contributed by atoms with Crippen molar-refractivity contribution < 1.29 is 0 Å². The Morgan fingerprint density at radius 1 is 0.714 bits per heavy atom. The fraction of sp³-hybridized carbons (Fsp3) is 0.100. The van der Waals surface area contributed by atoms with E-state index in [1.54, 1.807) is 0 Å². The van der Waals surface area contributed by atoms with Gasteiger partial charge in [0.1, 0.15) is 0 Å². The van der Waals surface area contributed by atoms with Crippen molar-refractivity contribution in [3.63, 3.8) is 0 Å². The maximum absolute atomic E-state index is 3.61. The van der Waals surface area contributed by atoms with E-state index < -0.39 is 0 Å². The first kappa shape index (κ1) is 12.8. The summed E-state index contributed by atoms with van der Waals surface area (Å²) in [6.07, 6.45) is 0. The highest BCUT2D eigenvalue weighted by Gasteiger charge is 2.40. The topological polar surface area (TPSA) is 0 Å². The van der Waals surface area contributed by atoms with Gasteiger partial charge >= 0.3 is 0 Å². The Morgan fingerprint density at radius 2 is 1.29 bits per heavy atom. The number of hydrogen-bond donors (Lipinski definition) is 0. The van der Waals surface area contributed by atoms with Crippen molar-refractivity contribution in [2.45, 2.75) is 12.3 Å². The molecule has 0 aromatic heterocycles. The average Bonchev–Trinajstić information content (AvgIpc) is 2.79. The normalized spacial score (nSPS) is 14.6. The molecule has 3 aromatic carbocycles. The molecule has 0 N–H and O–H groups in total. The summed E-state index contributed by atoms with van der Waals surface area (Å²) >= 11 is 3.61. The second kappa shape index (κ2) is 4.57. The fourth-order valence-electron chi connectivity index (χ4n) is 3.56. The molecule has 1 aliphatic carbocycles. The van der Waals surface area contributed by atoms with Gasteiger partial charge in [-0.25, -0.2) is 0 Å². The van der Waals surface area contributed by atoms with Crippen molar-refractivity contribution in [1.82, 2.24) is 0 Å². The molecular formula is C20H15Br. The SMILES string of the molecule is CC1(c2cccc(Br)c2)c2ccccc2-c2ccccc21. The molecule has 0 nitrogen and oxygen atoms in total. The third kappa shape index (κ3) is 1.74. The smallest absolute Gasteiger partial charge is 0.0435 e. The van der Waals surface area contributed by atoms with E-state index in [0.29, 0.717) is 0 Å². The van der Waals surface area contributed by atoms with E-state index in [0.717, 1.165) is 4.47 Å². The van der Waals surface area contributed by atoms with Crippen LogP contribution in [0.1, 0.15) is 23.6 Å². The summed E-state index contributed by atoms with van der Waals surface area (Å²) in [5.41, 5.74) is 6.74. The van der Waals surface area contributed by atoms with Crippen LogP contribution in [0, 0.1) is 0 Å². The summed E-state index contributed by atoms with van der Waals surface area (Å²) in [4.78, 5) is 0. The van der Waals surface area contributed by atoms with Crippen LogP contribution in [0.2, 0.25) is 0 Å². The number of rotatable bonds is 1. The van der Waals surface area contributed by atoms with E-state index in [2.05, 4.69) is 95.7 Å². The Bertz CT molecular complexity index is 787. The molecule has 1 aliphatic rings. The zero-order valence-corrected chi connectivity index (χ0v) is 13.4. The summed E-state index contributed by atoms with van der Waals surface area (Å²) in [7, 11) is 0. The van der Waals surface area contributed by atoms with Gasteiger partial charge in [0.15, 0.2) is 0 Å². The van der Waals surface area contributed by atoms with Gasteiger partial charge in [-0.2, -0.15) is 0 Å². The molecule has 0 bridgehead atoms. The lowest BCUT2D eigenvalue weighted by atomic mass is 9.74. The van der Waals surface area contributed by atoms with E-state index >= 15 is 0 Å². The predicted molar refractivity (Wildman–Crippen MR) is 91.6 cm³/mol. The van der Waals surface area contributed by atoms with Crippen LogP contribution >= 0.6 is 15.9 Å². The van der Waals surface area contributed by atoms with Crippen molar-refractivity contribution in [2.75, 3.05) is 0 Å². The van der Waals surface area contributed by atoms with Crippen molar-refractivity contribution in [3.8, 4) is 11.1 Å².